The molecule has 0 saturated heterocycles. The standard InChI is InChI=1S/C16H13BrClNO2/c1-9-7-11(17)4-5-12(9)15(18)10-3-6-13-14(8-10)21-16(20)19(13)2/h3-8,15H,1-2H3. The quantitative estimate of drug-likeness (QED) is 0.625. The van der Waals surface area contributed by atoms with E-state index >= 15 is 0 Å². The maximum atomic E-state index is 11.5. The Morgan fingerprint density at radius 3 is 2.71 bits per heavy atom. The number of rotatable bonds is 2. The minimum atomic E-state index is -0.368. The summed E-state index contributed by atoms with van der Waals surface area (Å²) in [6, 6.07) is 11.6. The highest BCUT2D eigenvalue weighted by Gasteiger charge is 2.15. The lowest BCUT2D eigenvalue weighted by Crippen LogP contribution is -2.08. The molecule has 3 nitrogen and oxygen atoms in total. The topological polar surface area (TPSA) is 35.1 Å². The number of benzene rings is 2. The first-order valence-corrected chi connectivity index (χ1v) is 7.70. The molecule has 0 aliphatic carbocycles. The molecule has 0 N–H and O–H groups in total. The van der Waals surface area contributed by atoms with Crippen molar-refractivity contribution >= 4 is 38.6 Å². The third-order valence-corrected chi connectivity index (χ3v) is 4.59. The van der Waals surface area contributed by atoms with Gasteiger partial charge in [-0.05, 0) is 47.9 Å². The van der Waals surface area contributed by atoms with Gasteiger partial charge in [0.05, 0.1) is 10.9 Å². The van der Waals surface area contributed by atoms with Crippen LogP contribution in [0.3, 0.4) is 0 Å². The number of aromatic nitrogens is 1. The normalized spacial score (nSPS) is 12.8. The minimum absolute atomic E-state index is 0.284. The molecule has 0 aliphatic heterocycles. The van der Waals surface area contributed by atoms with Gasteiger partial charge in [0.1, 0.15) is 0 Å². The average Bonchev–Trinajstić information content (AvgIpc) is 2.73. The van der Waals surface area contributed by atoms with E-state index in [1.165, 1.54) is 4.57 Å². The van der Waals surface area contributed by atoms with Crippen LogP contribution in [0.25, 0.3) is 11.1 Å². The van der Waals surface area contributed by atoms with Crippen LogP contribution in [-0.4, -0.2) is 4.57 Å². The molecule has 0 saturated carbocycles. The van der Waals surface area contributed by atoms with E-state index in [1.807, 2.05) is 43.3 Å². The Hall–Kier alpha value is -1.52. The predicted molar refractivity (Wildman–Crippen MR) is 88.0 cm³/mol. The molecule has 0 amide bonds. The largest absolute Gasteiger partial charge is 0.419 e. The Morgan fingerprint density at radius 1 is 1.24 bits per heavy atom. The maximum absolute atomic E-state index is 11.5. The number of halogens is 2. The Bertz CT molecular complexity index is 882. The summed E-state index contributed by atoms with van der Waals surface area (Å²) < 4.78 is 7.72. The van der Waals surface area contributed by atoms with Gasteiger partial charge in [-0.2, -0.15) is 0 Å². The highest BCUT2D eigenvalue weighted by Crippen LogP contribution is 2.33. The molecule has 108 valence electrons. The first-order valence-electron chi connectivity index (χ1n) is 6.47. The van der Waals surface area contributed by atoms with E-state index in [4.69, 9.17) is 16.0 Å². The lowest BCUT2D eigenvalue weighted by molar-refractivity contribution is 0.528. The third kappa shape index (κ3) is 2.54. The minimum Gasteiger partial charge on any atom is -0.408 e. The molecule has 2 aromatic carbocycles. The molecule has 1 atom stereocenters. The van der Waals surface area contributed by atoms with Crippen molar-refractivity contribution in [2.75, 3.05) is 0 Å². The number of oxazole rings is 1. The van der Waals surface area contributed by atoms with E-state index in [9.17, 15) is 4.79 Å². The van der Waals surface area contributed by atoms with Crippen molar-refractivity contribution in [3.8, 4) is 0 Å². The number of hydrogen-bond donors (Lipinski definition) is 0. The van der Waals surface area contributed by atoms with Crippen LogP contribution < -0.4 is 5.76 Å². The second-order valence-electron chi connectivity index (χ2n) is 5.02. The highest BCUT2D eigenvalue weighted by atomic mass is 79.9. The van der Waals surface area contributed by atoms with Crippen molar-refractivity contribution < 1.29 is 4.42 Å². The predicted octanol–water partition coefficient (Wildman–Crippen LogP) is 4.53. The van der Waals surface area contributed by atoms with E-state index in [-0.39, 0.29) is 11.1 Å². The smallest absolute Gasteiger partial charge is 0.408 e. The monoisotopic (exact) mass is 365 g/mol. The van der Waals surface area contributed by atoms with Gasteiger partial charge >= 0.3 is 5.76 Å². The number of fused-ring (bicyclic) bond motifs is 1. The summed E-state index contributed by atoms with van der Waals surface area (Å²) >= 11 is 10.0. The number of hydrogen-bond acceptors (Lipinski definition) is 2. The lowest BCUT2D eigenvalue weighted by atomic mass is 10.00. The Morgan fingerprint density at radius 2 is 2.00 bits per heavy atom. The molecule has 1 heterocycles. The van der Waals surface area contributed by atoms with E-state index in [2.05, 4.69) is 15.9 Å². The number of alkyl halides is 1. The van der Waals surface area contributed by atoms with Crippen LogP contribution in [0.15, 0.2) is 50.1 Å². The maximum Gasteiger partial charge on any atom is 0.419 e. The van der Waals surface area contributed by atoms with Gasteiger partial charge in [-0.1, -0.05) is 28.1 Å². The Kier molecular flexibility index (Phi) is 3.68. The van der Waals surface area contributed by atoms with Gasteiger partial charge in [-0.15, -0.1) is 11.6 Å². The summed E-state index contributed by atoms with van der Waals surface area (Å²) in [5.41, 5.74) is 4.38. The fourth-order valence-electron chi connectivity index (χ4n) is 2.41. The van der Waals surface area contributed by atoms with Gasteiger partial charge in [-0.3, -0.25) is 4.57 Å². The van der Waals surface area contributed by atoms with Crippen LogP contribution in [-0.2, 0) is 7.05 Å². The van der Waals surface area contributed by atoms with Gasteiger partial charge < -0.3 is 4.42 Å². The number of nitrogens with zero attached hydrogens (tertiary/aromatic N) is 1. The van der Waals surface area contributed by atoms with Gasteiger partial charge in [0, 0.05) is 11.5 Å². The summed E-state index contributed by atoms with van der Waals surface area (Å²) in [4.78, 5) is 11.5. The molecule has 1 unspecified atom stereocenters. The summed E-state index contributed by atoms with van der Waals surface area (Å²) in [6.45, 7) is 2.02. The Labute approximate surface area is 135 Å². The molecule has 5 heteroatoms. The van der Waals surface area contributed by atoms with Gasteiger partial charge in [0.25, 0.3) is 0 Å². The van der Waals surface area contributed by atoms with E-state index < -0.39 is 0 Å². The Balaban J connectivity index is 2.09. The first kappa shape index (κ1) is 14.4. The molecule has 21 heavy (non-hydrogen) atoms. The van der Waals surface area contributed by atoms with Crippen LogP contribution in [0.1, 0.15) is 22.1 Å². The van der Waals surface area contributed by atoms with Crippen LogP contribution in [0.5, 0.6) is 0 Å². The molecule has 3 rings (SSSR count). The SMILES string of the molecule is Cc1cc(Br)ccc1C(Cl)c1ccc2c(c1)oc(=O)n2C. The summed E-state index contributed by atoms with van der Waals surface area (Å²) in [6.07, 6.45) is 0. The van der Waals surface area contributed by atoms with Crippen molar-refractivity contribution in [1.82, 2.24) is 4.57 Å². The second-order valence-corrected chi connectivity index (χ2v) is 6.37. The molecule has 3 aromatic rings. The van der Waals surface area contributed by atoms with Gasteiger partial charge in [0.15, 0.2) is 5.58 Å². The third-order valence-electron chi connectivity index (χ3n) is 3.61. The van der Waals surface area contributed by atoms with Crippen molar-refractivity contribution in [1.29, 1.82) is 0 Å². The fraction of sp³-hybridized carbons (Fsp3) is 0.188. The van der Waals surface area contributed by atoms with Crippen LogP contribution >= 0.6 is 27.5 Å². The molecule has 0 aliphatic rings. The molecule has 1 aromatic heterocycles. The van der Waals surface area contributed by atoms with Crippen LogP contribution in [0.2, 0.25) is 0 Å². The first-order chi connectivity index (χ1) is 9.97. The molecular weight excluding hydrogens is 354 g/mol. The number of aryl methyl sites for hydroxylation is 2. The van der Waals surface area contributed by atoms with Crippen LogP contribution in [0, 0.1) is 6.92 Å². The molecule has 0 radical (unpaired) electrons. The summed E-state index contributed by atoms with van der Waals surface area (Å²) in [5, 5.41) is -0.284. The van der Waals surface area contributed by atoms with Gasteiger partial charge in [-0.25, -0.2) is 4.79 Å². The van der Waals surface area contributed by atoms with Crippen molar-refractivity contribution in [3.63, 3.8) is 0 Å². The zero-order valence-electron chi connectivity index (χ0n) is 11.6. The van der Waals surface area contributed by atoms with E-state index in [0.717, 1.165) is 26.7 Å². The fourth-order valence-corrected chi connectivity index (χ4v) is 3.27. The zero-order valence-corrected chi connectivity index (χ0v) is 13.9. The second kappa shape index (κ2) is 5.35. The van der Waals surface area contributed by atoms with Crippen LogP contribution in [0.4, 0.5) is 0 Å². The average molecular weight is 367 g/mol. The lowest BCUT2D eigenvalue weighted by Gasteiger charge is -2.13. The summed E-state index contributed by atoms with van der Waals surface area (Å²) in [5.74, 6) is -0.368. The molecule has 0 spiro atoms. The molecule has 0 fully saturated rings. The van der Waals surface area contributed by atoms with E-state index in [1.54, 1.807) is 7.05 Å². The summed E-state index contributed by atoms with van der Waals surface area (Å²) in [7, 11) is 1.69. The zero-order chi connectivity index (χ0) is 15.1. The molecule has 0 bridgehead atoms. The van der Waals surface area contributed by atoms with Crippen molar-refractivity contribution in [2.45, 2.75) is 12.3 Å². The van der Waals surface area contributed by atoms with Crippen molar-refractivity contribution in [2.24, 2.45) is 7.05 Å². The molecular formula is C16H13BrClNO2. The van der Waals surface area contributed by atoms with Crippen molar-refractivity contribution in [3.05, 3.63) is 68.1 Å². The van der Waals surface area contributed by atoms with Gasteiger partial charge in [0.2, 0.25) is 0 Å². The highest BCUT2D eigenvalue weighted by molar-refractivity contribution is 9.10. The van der Waals surface area contributed by atoms with E-state index in [0.29, 0.717) is 5.58 Å².